The van der Waals surface area contributed by atoms with Gasteiger partial charge < -0.3 is 10.4 Å². The van der Waals surface area contributed by atoms with Gasteiger partial charge in [0.1, 0.15) is 11.4 Å². The molecule has 0 aliphatic carbocycles. The van der Waals surface area contributed by atoms with E-state index in [4.69, 9.17) is 0 Å². The third-order valence-electron chi connectivity index (χ3n) is 3.23. The van der Waals surface area contributed by atoms with Gasteiger partial charge in [0.05, 0.1) is 4.92 Å². The van der Waals surface area contributed by atoms with Crippen molar-refractivity contribution in [2.75, 3.05) is 5.32 Å². The standard InChI is InChI=1S/C15H16N2O3/c1-10-7-14(15(17(19)20)8-11(10)2)16-9-12-3-5-13(18)6-4-12/h3-8,16,18H,9H2,1-2H3. The van der Waals surface area contributed by atoms with Crippen molar-refractivity contribution in [1.82, 2.24) is 0 Å². The molecule has 0 atom stereocenters. The van der Waals surface area contributed by atoms with Crippen LogP contribution in [0.1, 0.15) is 16.7 Å². The van der Waals surface area contributed by atoms with Gasteiger partial charge in [-0.15, -0.1) is 0 Å². The number of nitrogens with zero attached hydrogens (tertiary/aromatic N) is 1. The SMILES string of the molecule is Cc1cc(NCc2ccc(O)cc2)c([N+](=O)[O-])cc1C. The number of nitro groups is 1. The zero-order valence-electron chi connectivity index (χ0n) is 11.4. The molecule has 5 heteroatoms. The molecule has 0 unspecified atom stereocenters. The van der Waals surface area contributed by atoms with E-state index in [0.29, 0.717) is 12.2 Å². The highest BCUT2D eigenvalue weighted by atomic mass is 16.6. The number of hydrogen-bond donors (Lipinski definition) is 2. The van der Waals surface area contributed by atoms with Crippen molar-refractivity contribution in [2.24, 2.45) is 0 Å². The number of nitrogens with one attached hydrogen (secondary N) is 1. The van der Waals surface area contributed by atoms with Crippen LogP contribution in [0.25, 0.3) is 0 Å². The third-order valence-corrected chi connectivity index (χ3v) is 3.23. The number of aromatic hydroxyl groups is 1. The molecule has 0 amide bonds. The highest BCUT2D eigenvalue weighted by molar-refractivity contribution is 5.64. The summed E-state index contributed by atoms with van der Waals surface area (Å²) in [7, 11) is 0. The largest absolute Gasteiger partial charge is 0.508 e. The van der Waals surface area contributed by atoms with Gasteiger partial charge in [-0.3, -0.25) is 10.1 Å². The first-order valence-corrected chi connectivity index (χ1v) is 6.25. The second-order valence-corrected chi connectivity index (χ2v) is 4.73. The fourth-order valence-corrected chi connectivity index (χ4v) is 1.90. The molecule has 0 spiro atoms. The molecule has 0 aliphatic heterocycles. The molecule has 5 nitrogen and oxygen atoms in total. The summed E-state index contributed by atoms with van der Waals surface area (Å²) in [5.74, 6) is 0.200. The third kappa shape index (κ3) is 3.06. The number of phenols is 1. The Hall–Kier alpha value is -2.56. The minimum absolute atomic E-state index is 0.0758. The number of aryl methyl sites for hydroxylation is 2. The van der Waals surface area contributed by atoms with Gasteiger partial charge in [-0.05, 0) is 48.7 Å². The molecule has 0 bridgehead atoms. The van der Waals surface area contributed by atoms with Gasteiger partial charge in [0, 0.05) is 12.6 Å². The minimum Gasteiger partial charge on any atom is -0.508 e. The van der Waals surface area contributed by atoms with Crippen LogP contribution in [0.4, 0.5) is 11.4 Å². The van der Waals surface area contributed by atoms with Crippen LogP contribution in [0.2, 0.25) is 0 Å². The van der Waals surface area contributed by atoms with Crippen molar-refractivity contribution in [2.45, 2.75) is 20.4 Å². The maximum Gasteiger partial charge on any atom is 0.292 e. The highest BCUT2D eigenvalue weighted by Crippen LogP contribution is 2.28. The monoisotopic (exact) mass is 272 g/mol. The van der Waals surface area contributed by atoms with Gasteiger partial charge in [0.2, 0.25) is 0 Å². The van der Waals surface area contributed by atoms with Crippen LogP contribution in [0.3, 0.4) is 0 Å². The van der Waals surface area contributed by atoms with E-state index in [2.05, 4.69) is 5.32 Å². The smallest absolute Gasteiger partial charge is 0.292 e. The van der Waals surface area contributed by atoms with Crippen molar-refractivity contribution < 1.29 is 10.0 Å². The Bertz CT molecular complexity index is 636. The van der Waals surface area contributed by atoms with Gasteiger partial charge >= 0.3 is 0 Å². The number of rotatable bonds is 4. The highest BCUT2D eigenvalue weighted by Gasteiger charge is 2.15. The van der Waals surface area contributed by atoms with Crippen LogP contribution in [-0.2, 0) is 6.54 Å². The zero-order valence-corrected chi connectivity index (χ0v) is 11.4. The summed E-state index contributed by atoms with van der Waals surface area (Å²) in [6.45, 7) is 4.24. The van der Waals surface area contributed by atoms with Crippen LogP contribution in [-0.4, -0.2) is 10.0 Å². The summed E-state index contributed by atoms with van der Waals surface area (Å²) < 4.78 is 0. The topological polar surface area (TPSA) is 75.4 Å². The summed E-state index contributed by atoms with van der Waals surface area (Å²) in [6.07, 6.45) is 0. The molecule has 2 aromatic rings. The summed E-state index contributed by atoms with van der Waals surface area (Å²) in [5.41, 5.74) is 3.42. The van der Waals surface area contributed by atoms with Crippen LogP contribution in [0.5, 0.6) is 5.75 Å². The molecule has 0 aromatic heterocycles. The minimum atomic E-state index is -0.383. The quantitative estimate of drug-likeness (QED) is 0.659. The molecular weight excluding hydrogens is 256 g/mol. The number of anilines is 1. The van der Waals surface area contributed by atoms with Gasteiger partial charge in [-0.25, -0.2) is 0 Å². The first-order chi connectivity index (χ1) is 9.47. The predicted octanol–water partition coefficient (Wildman–Crippen LogP) is 3.53. The van der Waals surface area contributed by atoms with E-state index >= 15 is 0 Å². The summed E-state index contributed by atoms with van der Waals surface area (Å²) >= 11 is 0. The molecule has 0 saturated carbocycles. The van der Waals surface area contributed by atoms with E-state index in [-0.39, 0.29) is 16.4 Å². The van der Waals surface area contributed by atoms with Crippen LogP contribution < -0.4 is 5.32 Å². The van der Waals surface area contributed by atoms with E-state index in [1.165, 1.54) is 0 Å². The Morgan fingerprint density at radius 3 is 2.35 bits per heavy atom. The molecular formula is C15H16N2O3. The second-order valence-electron chi connectivity index (χ2n) is 4.73. The average Bonchev–Trinajstić information content (AvgIpc) is 2.41. The van der Waals surface area contributed by atoms with Gasteiger partial charge in [-0.2, -0.15) is 0 Å². The first-order valence-electron chi connectivity index (χ1n) is 6.25. The molecule has 20 heavy (non-hydrogen) atoms. The lowest BCUT2D eigenvalue weighted by Gasteiger charge is -2.10. The molecule has 104 valence electrons. The predicted molar refractivity (Wildman–Crippen MR) is 78.0 cm³/mol. The summed E-state index contributed by atoms with van der Waals surface area (Å²) in [4.78, 5) is 10.7. The molecule has 0 saturated heterocycles. The first kappa shape index (κ1) is 13.9. The lowest BCUT2D eigenvalue weighted by molar-refractivity contribution is -0.384. The van der Waals surface area contributed by atoms with E-state index in [0.717, 1.165) is 16.7 Å². The lowest BCUT2D eigenvalue weighted by atomic mass is 10.1. The molecule has 0 aliphatic rings. The van der Waals surface area contributed by atoms with Crippen LogP contribution in [0.15, 0.2) is 36.4 Å². The number of benzene rings is 2. The Morgan fingerprint density at radius 2 is 1.75 bits per heavy atom. The van der Waals surface area contributed by atoms with Gasteiger partial charge in [0.15, 0.2) is 0 Å². The Labute approximate surface area is 117 Å². The van der Waals surface area contributed by atoms with E-state index < -0.39 is 0 Å². The number of hydrogen-bond acceptors (Lipinski definition) is 4. The maximum absolute atomic E-state index is 11.1. The Kier molecular flexibility index (Phi) is 3.89. The molecule has 2 rings (SSSR count). The van der Waals surface area contributed by atoms with Crippen LogP contribution >= 0.6 is 0 Å². The van der Waals surface area contributed by atoms with Gasteiger partial charge in [0.25, 0.3) is 5.69 Å². The number of phenolic OH excluding ortho intramolecular Hbond substituents is 1. The summed E-state index contributed by atoms with van der Waals surface area (Å²) in [5, 5.41) is 23.4. The average molecular weight is 272 g/mol. The van der Waals surface area contributed by atoms with E-state index in [1.807, 2.05) is 13.8 Å². The maximum atomic E-state index is 11.1. The fourth-order valence-electron chi connectivity index (χ4n) is 1.90. The lowest BCUT2D eigenvalue weighted by Crippen LogP contribution is -2.03. The zero-order chi connectivity index (χ0) is 14.7. The van der Waals surface area contributed by atoms with Crippen molar-refractivity contribution in [3.05, 3.63) is 63.2 Å². The molecule has 0 radical (unpaired) electrons. The Balaban J connectivity index is 2.22. The molecule has 0 heterocycles. The second kappa shape index (κ2) is 5.61. The van der Waals surface area contributed by atoms with E-state index in [1.54, 1.807) is 36.4 Å². The van der Waals surface area contributed by atoms with Crippen LogP contribution in [0, 0.1) is 24.0 Å². The van der Waals surface area contributed by atoms with E-state index in [9.17, 15) is 15.2 Å². The van der Waals surface area contributed by atoms with Gasteiger partial charge in [-0.1, -0.05) is 12.1 Å². The van der Waals surface area contributed by atoms with Crippen molar-refractivity contribution in [1.29, 1.82) is 0 Å². The fraction of sp³-hybridized carbons (Fsp3) is 0.200. The van der Waals surface area contributed by atoms with Crippen molar-refractivity contribution in [3.8, 4) is 5.75 Å². The van der Waals surface area contributed by atoms with Crippen molar-refractivity contribution in [3.63, 3.8) is 0 Å². The number of nitro benzene ring substituents is 1. The summed E-state index contributed by atoms with van der Waals surface area (Å²) in [6, 6.07) is 10.1. The Morgan fingerprint density at radius 1 is 1.15 bits per heavy atom. The van der Waals surface area contributed by atoms with Crippen molar-refractivity contribution >= 4 is 11.4 Å². The molecule has 2 aromatic carbocycles. The molecule has 2 N–H and O–H groups in total. The normalized spacial score (nSPS) is 10.3. The molecule has 0 fully saturated rings.